The van der Waals surface area contributed by atoms with Gasteiger partial charge >= 0.3 is 0 Å². The number of nitrogens with two attached hydrogens (primary N) is 1. The van der Waals surface area contributed by atoms with E-state index in [1.54, 1.807) is 55.1 Å². The second kappa shape index (κ2) is 10.8. The van der Waals surface area contributed by atoms with Crippen LogP contribution in [-0.2, 0) is 16.0 Å². The monoisotopic (exact) mass is 567 g/mol. The zero-order valence-corrected chi connectivity index (χ0v) is 22.3. The molecular formula is C30H26FN7O4. The quantitative estimate of drug-likeness (QED) is 0.186. The smallest absolute Gasteiger partial charge is 0.267 e. The summed E-state index contributed by atoms with van der Waals surface area (Å²) < 4.78 is 19.7. The zero-order chi connectivity index (χ0) is 29.3. The number of carbonyl (C=O) groups is 3. The number of H-pyrrole nitrogens is 2. The van der Waals surface area contributed by atoms with E-state index in [1.165, 1.54) is 29.2 Å². The standard InChI is InChI=1S/C30H26FN7O4/c31-18-1-3-20(4-2-18)38(29(41)30(11-12-30)28(32)40)21-5-7-22(8-6-21)42-25-10-14-34-26-23(25)15-24(37-26)27(39)35-13-9-19-16-33-17-36-19/h1-8,10,14-17H,9,11-13H2,(H2,32,40)(H,33,36)(H,34,37)(H,35,39). The summed E-state index contributed by atoms with van der Waals surface area (Å²) in [5, 5.41) is 3.47. The van der Waals surface area contributed by atoms with Gasteiger partial charge in [-0.2, -0.15) is 0 Å². The number of aromatic nitrogens is 4. The van der Waals surface area contributed by atoms with Gasteiger partial charge in [0.15, 0.2) is 0 Å². The lowest BCUT2D eigenvalue weighted by atomic mass is 10.0. The minimum Gasteiger partial charge on any atom is -0.457 e. The van der Waals surface area contributed by atoms with Crippen molar-refractivity contribution in [3.8, 4) is 11.5 Å². The summed E-state index contributed by atoms with van der Waals surface area (Å²) in [7, 11) is 0. The number of primary amides is 1. The molecule has 0 spiro atoms. The molecule has 0 aliphatic heterocycles. The predicted molar refractivity (Wildman–Crippen MR) is 152 cm³/mol. The van der Waals surface area contributed by atoms with Gasteiger partial charge in [0, 0.05) is 36.7 Å². The van der Waals surface area contributed by atoms with Gasteiger partial charge in [0.1, 0.15) is 34.1 Å². The number of nitrogens with one attached hydrogen (secondary N) is 3. The van der Waals surface area contributed by atoms with Crippen molar-refractivity contribution in [1.29, 1.82) is 0 Å². The minimum atomic E-state index is -1.27. The molecule has 0 atom stereocenters. The van der Waals surface area contributed by atoms with E-state index in [-0.39, 0.29) is 5.91 Å². The molecule has 0 radical (unpaired) electrons. The Morgan fingerprint density at radius 1 is 1.02 bits per heavy atom. The molecule has 2 aromatic carbocycles. The molecule has 3 amide bonds. The fourth-order valence-electron chi connectivity index (χ4n) is 4.71. The van der Waals surface area contributed by atoms with Gasteiger partial charge in [-0.25, -0.2) is 14.4 Å². The van der Waals surface area contributed by atoms with Crippen LogP contribution in [0.4, 0.5) is 15.8 Å². The van der Waals surface area contributed by atoms with Crippen LogP contribution in [0.15, 0.2) is 79.4 Å². The van der Waals surface area contributed by atoms with E-state index in [2.05, 4.69) is 25.3 Å². The maximum Gasteiger partial charge on any atom is 0.267 e. The lowest BCUT2D eigenvalue weighted by molar-refractivity contribution is -0.133. The number of nitrogens with zero attached hydrogens (tertiary/aromatic N) is 3. The summed E-state index contributed by atoms with van der Waals surface area (Å²) in [5.74, 6) is -0.952. The van der Waals surface area contributed by atoms with Crippen LogP contribution in [0.25, 0.3) is 11.0 Å². The first-order valence-corrected chi connectivity index (χ1v) is 13.3. The molecule has 3 heterocycles. The Morgan fingerprint density at radius 3 is 2.38 bits per heavy atom. The van der Waals surface area contributed by atoms with Crippen molar-refractivity contribution in [3.63, 3.8) is 0 Å². The maximum absolute atomic E-state index is 13.6. The van der Waals surface area contributed by atoms with Crippen LogP contribution in [0.2, 0.25) is 0 Å². The van der Waals surface area contributed by atoms with Crippen LogP contribution >= 0.6 is 0 Å². The molecule has 1 fully saturated rings. The highest BCUT2D eigenvalue weighted by Crippen LogP contribution is 2.49. The summed E-state index contributed by atoms with van der Waals surface area (Å²) >= 11 is 0. The SMILES string of the molecule is NC(=O)C1(C(=O)N(c2ccc(F)cc2)c2ccc(Oc3ccnc4[nH]c(C(=O)NCCc5c[nH]cn5)cc34)cc2)CC1. The van der Waals surface area contributed by atoms with Crippen molar-refractivity contribution in [2.75, 3.05) is 11.4 Å². The van der Waals surface area contributed by atoms with Gasteiger partial charge in [-0.15, -0.1) is 0 Å². The fraction of sp³-hybridized carbons (Fsp3) is 0.167. The second-order valence-electron chi connectivity index (χ2n) is 9.98. The third-order valence-electron chi connectivity index (χ3n) is 7.20. The van der Waals surface area contributed by atoms with Gasteiger partial charge in [-0.05, 0) is 73.5 Å². The normalized spacial score (nSPS) is 13.5. The minimum absolute atomic E-state index is 0.284. The Labute approximate surface area is 238 Å². The molecular weight excluding hydrogens is 541 g/mol. The number of amides is 3. The second-order valence-corrected chi connectivity index (χ2v) is 9.98. The average Bonchev–Trinajstić information content (AvgIpc) is 3.42. The first-order valence-electron chi connectivity index (χ1n) is 13.3. The van der Waals surface area contributed by atoms with Crippen LogP contribution in [-0.4, -0.2) is 44.2 Å². The van der Waals surface area contributed by atoms with Gasteiger partial charge < -0.3 is 25.8 Å². The lowest BCUT2D eigenvalue weighted by Crippen LogP contribution is -2.41. The molecule has 0 bridgehead atoms. The zero-order valence-electron chi connectivity index (χ0n) is 22.3. The summed E-state index contributed by atoms with van der Waals surface area (Å²) in [6.45, 7) is 0.417. The summed E-state index contributed by atoms with van der Waals surface area (Å²) in [5.41, 5.74) is 6.82. The number of carbonyl (C=O) groups excluding carboxylic acids is 3. The number of fused-ring (bicyclic) bond motifs is 1. The van der Waals surface area contributed by atoms with Crippen LogP contribution in [0.5, 0.6) is 11.5 Å². The first kappa shape index (κ1) is 26.7. The molecule has 11 nitrogen and oxygen atoms in total. The predicted octanol–water partition coefficient (Wildman–Crippen LogP) is 4.12. The molecule has 0 unspecified atom stereocenters. The average molecular weight is 568 g/mol. The Kier molecular flexibility index (Phi) is 6.87. The van der Waals surface area contributed by atoms with Gasteiger partial charge in [0.25, 0.3) is 5.91 Å². The van der Waals surface area contributed by atoms with Gasteiger partial charge in [-0.3, -0.25) is 19.3 Å². The Hall–Kier alpha value is -5.52. The highest BCUT2D eigenvalue weighted by molar-refractivity contribution is 6.16. The van der Waals surface area contributed by atoms with E-state index >= 15 is 0 Å². The van der Waals surface area contributed by atoms with Gasteiger partial charge in [0.05, 0.1) is 17.4 Å². The fourth-order valence-corrected chi connectivity index (χ4v) is 4.71. The van der Waals surface area contributed by atoms with Crippen molar-refractivity contribution in [3.05, 3.63) is 96.6 Å². The molecule has 42 heavy (non-hydrogen) atoms. The number of hydrogen-bond donors (Lipinski definition) is 4. The lowest BCUT2D eigenvalue weighted by Gasteiger charge is -2.26. The van der Waals surface area contributed by atoms with E-state index in [4.69, 9.17) is 10.5 Å². The molecule has 1 saturated carbocycles. The van der Waals surface area contributed by atoms with Crippen molar-refractivity contribution in [2.45, 2.75) is 19.3 Å². The van der Waals surface area contributed by atoms with E-state index < -0.39 is 23.0 Å². The molecule has 1 aliphatic rings. The number of benzene rings is 2. The van der Waals surface area contributed by atoms with Crippen LogP contribution in [0.1, 0.15) is 29.0 Å². The molecule has 5 N–H and O–H groups in total. The van der Waals surface area contributed by atoms with Gasteiger partial charge in [-0.1, -0.05) is 0 Å². The molecule has 212 valence electrons. The Morgan fingerprint density at radius 2 is 1.74 bits per heavy atom. The highest BCUT2D eigenvalue weighted by atomic mass is 19.1. The van der Waals surface area contributed by atoms with Crippen molar-refractivity contribution < 1.29 is 23.5 Å². The summed E-state index contributed by atoms with van der Waals surface area (Å²) in [4.78, 5) is 54.0. The number of pyridine rings is 1. The number of aromatic amines is 2. The van der Waals surface area contributed by atoms with Gasteiger partial charge in [0.2, 0.25) is 11.8 Å². The molecule has 0 saturated heterocycles. The van der Waals surface area contributed by atoms with E-state index in [0.29, 0.717) is 65.4 Å². The Bertz CT molecular complexity index is 1760. The van der Waals surface area contributed by atoms with Crippen LogP contribution in [0, 0.1) is 11.2 Å². The number of hydrogen-bond acceptors (Lipinski definition) is 6. The summed E-state index contributed by atoms with van der Waals surface area (Å²) in [6.07, 6.45) is 6.24. The number of rotatable bonds is 10. The molecule has 12 heteroatoms. The highest BCUT2D eigenvalue weighted by Gasteiger charge is 2.57. The number of anilines is 2. The maximum atomic E-state index is 13.6. The topological polar surface area (TPSA) is 159 Å². The third-order valence-corrected chi connectivity index (χ3v) is 7.20. The largest absolute Gasteiger partial charge is 0.457 e. The molecule has 5 aromatic rings. The van der Waals surface area contributed by atoms with E-state index in [9.17, 15) is 18.8 Å². The van der Waals surface area contributed by atoms with E-state index in [1.807, 2.05) is 0 Å². The molecule has 1 aliphatic carbocycles. The molecule has 6 rings (SSSR count). The third kappa shape index (κ3) is 5.17. The first-order chi connectivity index (χ1) is 20.3. The van der Waals surface area contributed by atoms with Crippen molar-refractivity contribution in [2.24, 2.45) is 11.1 Å². The van der Waals surface area contributed by atoms with Crippen molar-refractivity contribution in [1.82, 2.24) is 25.3 Å². The summed E-state index contributed by atoms with van der Waals surface area (Å²) in [6, 6.07) is 15.5. The van der Waals surface area contributed by atoms with E-state index in [0.717, 1.165) is 5.69 Å². The number of imidazole rings is 1. The Balaban J connectivity index is 1.21. The van der Waals surface area contributed by atoms with Crippen LogP contribution < -0.4 is 20.7 Å². The number of halogens is 1. The molecule has 3 aromatic heterocycles. The number of ether oxygens (including phenoxy) is 1. The van der Waals surface area contributed by atoms with Crippen molar-refractivity contribution >= 4 is 40.1 Å². The van der Waals surface area contributed by atoms with Crippen LogP contribution in [0.3, 0.4) is 0 Å².